The number of thioether (sulfide) groups is 1. The molecule has 2 amide bonds. The lowest BCUT2D eigenvalue weighted by Gasteiger charge is -2.41. The lowest BCUT2D eigenvalue weighted by Crippen LogP contribution is -2.38. The van der Waals surface area contributed by atoms with Crippen LogP contribution in [-0.2, 0) is 32.2 Å². The average Bonchev–Trinajstić information content (AvgIpc) is 3.10. The van der Waals surface area contributed by atoms with Gasteiger partial charge in [-0.3, -0.25) is 4.79 Å². The molecule has 3 aromatic carbocycles. The number of benzene rings is 3. The van der Waals surface area contributed by atoms with Gasteiger partial charge in [0.25, 0.3) is 0 Å². The summed E-state index contributed by atoms with van der Waals surface area (Å²) in [7, 11) is 0. The van der Waals surface area contributed by atoms with Crippen LogP contribution >= 0.6 is 11.8 Å². The van der Waals surface area contributed by atoms with E-state index >= 15 is 0 Å². The van der Waals surface area contributed by atoms with E-state index in [0.29, 0.717) is 0 Å². The monoisotopic (exact) mass is 641 g/mol. The largest absolute Gasteiger partial charge is 0.465 e. The summed E-state index contributed by atoms with van der Waals surface area (Å²) in [5.74, 6) is 0.304. The van der Waals surface area contributed by atoms with Gasteiger partial charge < -0.3 is 30.0 Å². The fourth-order valence-electron chi connectivity index (χ4n) is 5.29. The molecule has 9 nitrogen and oxygen atoms in total. The van der Waals surface area contributed by atoms with E-state index in [4.69, 9.17) is 14.2 Å². The first kappa shape index (κ1) is 33.2. The minimum absolute atomic E-state index is 0.00927. The molecule has 240 valence electrons. The Morgan fingerprint density at radius 1 is 0.913 bits per heavy atom. The number of aromatic nitrogens is 1. The highest BCUT2D eigenvalue weighted by atomic mass is 32.2. The first-order valence-electron chi connectivity index (χ1n) is 15.3. The molecule has 0 saturated carbocycles. The van der Waals surface area contributed by atoms with Crippen molar-refractivity contribution >= 4 is 23.8 Å². The van der Waals surface area contributed by atoms with Crippen LogP contribution < -0.4 is 10.6 Å². The number of amides is 2. The van der Waals surface area contributed by atoms with Crippen molar-refractivity contribution in [2.75, 3.05) is 18.9 Å². The van der Waals surface area contributed by atoms with Crippen LogP contribution in [0.1, 0.15) is 48.5 Å². The zero-order valence-electron chi connectivity index (χ0n) is 25.9. The lowest BCUT2D eigenvalue weighted by atomic mass is 9.91. The number of pyridine rings is 1. The maximum absolute atomic E-state index is 12.3. The molecule has 2 heterocycles. The zero-order valence-corrected chi connectivity index (χ0v) is 26.7. The molecule has 1 aliphatic rings. The Hall–Kier alpha value is -4.22. The van der Waals surface area contributed by atoms with E-state index in [-0.39, 0.29) is 44.4 Å². The van der Waals surface area contributed by atoms with Crippen molar-refractivity contribution in [1.29, 1.82) is 0 Å². The second kappa shape index (κ2) is 16.4. The van der Waals surface area contributed by atoms with E-state index in [9.17, 15) is 14.7 Å². The first-order valence-corrected chi connectivity index (χ1v) is 16.3. The van der Waals surface area contributed by atoms with Gasteiger partial charge in [0, 0.05) is 30.0 Å². The minimum Gasteiger partial charge on any atom is -0.465 e. The minimum atomic E-state index is -0.581. The molecule has 0 spiro atoms. The normalized spacial score (nSPS) is 19.3. The Labute approximate surface area is 273 Å². The molecule has 1 saturated heterocycles. The van der Waals surface area contributed by atoms with Crippen molar-refractivity contribution < 1.29 is 28.9 Å². The number of nitrogens with zero attached hydrogens (tertiary/aromatic N) is 1. The third-order valence-corrected chi connectivity index (χ3v) is 8.84. The van der Waals surface area contributed by atoms with Crippen molar-refractivity contribution in [2.24, 2.45) is 5.92 Å². The Kier molecular flexibility index (Phi) is 11.8. The number of hydrogen-bond acceptors (Lipinski definition) is 8. The summed E-state index contributed by atoms with van der Waals surface area (Å²) in [6.45, 7) is 4.21. The molecule has 1 aliphatic heterocycles. The van der Waals surface area contributed by atoms with Crippen LogP contribution in [0.25, 0.3) is 11.1 Å². The highest BCUT2D eigenvalue weighted by Gasteiger charge is 2.38. The summed E-state index contributed by atoms with van der Waals surface area (Å²) in [6, 6.07) is 29.3. The van der Waals surface area contributed by atoms with Gasteiger partial charge in [0.2, 0.25) is 0 Å². The van der Waals surface area contributed by atoms with Crippen LogP contribution in [0.3, 0.4) is 0 Å². The van der Waals surface area contributed by atoms with Crippen LogP contribution in [0.4, 0.5) is 4.79 Å². The molecule has 46 heavy (non-hydrogen) atoms. The SMILES string of the molecule is CCOC(=O)CNC(=O)NCc1ccccc1-c1ccc([C@@H]2O[C@H](CSc3ccccn3)[C@H](C)[C@H](c3ccc(CO)cc3)O2)cc1. The Bertz CT molecular complexity index is 1570. The van der Waals surface area contributed by atoms with Crippen LogP contribution in [0.2, 0.25) is 0 Å². The predicted octanol–water partition coefficient (Wildman–Crippen LogP) is 6.19. The van der Waals surface area contributed by atoms with Crippen LogP contribution in [-0.4, -0.2) is 47.1 Å². The third-order valence-electron chi connectivity index (χ3n) is 7.81. The molecular formula is C36H39N3O6S. The summed E-state index contributed by atoms with van der Waals surface area (Å²) in [5.41, 5.74) is 5.68. The number of aliphatic hydroxyl groups is 1. The number of ether oxygens (including phenoxy) is 3. The summed E-state index contributed by atoms with van der Waals surface area (Å²) in [5, 5.41) is 15.8. The molecule has 4 atom stereocenters. The summed E-state index contributed by atoms with van der Waals surface area (Å²) in [4.78, 5) is 28.3. The van der Waals surface area contributed by atoms with E-state index in [1.54, 1.807) is 24.9 Å². The van der Waals surface area contributed by atoms with Gasteiger partial charge in [0.05, 0.1) is 30.4 Å². The van der Waals surface area contributed by atoms with Crippen molar-refractivity contribution in [2.45, 2.75) is 50.5 Å². The van der Waals surface area contributed by atoms with Crippen molar-refractivity contribution in [3.05, 3.63) is 119 Å². The summed E-state index contributed by atoms with van der Waals surface area (Å²) in [6.07, 6.45) is 0.904. The fourth-order valence-corrected chi connectivity index (χ4v) is 6.32. The Morgan fingerprint density at radius 3 is 2.37 bits per heavy atom. The molecule has 0 unspecified atom stereocenters. The smallest absolute Gasteiger partial charge is 0.325 e. The second-order valence-corrected chi connectivity index (χ2v) is 12.0. The molecule has 3 N–H and O–H groups in total. The van der Waals surface area contributed by atoms with Gasteiger partial charge in [-0.05, 0) is 46.9 Å². The molecule has 0 aliphatic carbocycles. The van der Waals surface area contributed by atoms with Crippen molar-refractivity contribution in [3.8, 4) is 11.1 Å². The number of rotatable bonds is 12. The molecule has 0 radical (unpaired) electrons. The number of carbonyl (C=O) groups is 2. The van der Waals surface area contributed by atoms with Gasteiger partial charge in [-0.15, -0.1) is 11.8 Å². The highest BCUT2D eigenvalue weighted by molar-refractivity contribution is 7.99. The lowest BCUT2D eigenvalue weighted by molar-refractivity contribution is -0.268. The van der Waals surface area contributed by atoms with Crippen molar-refractivity contribution in [1.82, 2.24) is 15.6 Å². The number of aliphatic hydroxyl groups excluding tert-OH is 1. The third kappa shape index (κ3) is 8.73. The van der Waals surface area contributed by atoms with E-state index in [1.807, 2.05) is 91.0 Å². The maximum Gasteiger partial charge on any atom is 0.325 e. The van der Waals surface area contributed by atoms with Gasteiger partial charge in [0.15, 0.2) is 6.29 Å². The molecule has 4 aromatic rings. The zero-order chi connectivity index (χ0) is 32.3. The number of urea groups is 1. The van der Waals surface area contributed by atoms with Crippen LogP contribution in [0.15, 0.2) is 102 Å². The highest BCUT2D eigenvalue weighted by Crippen LogP contribution is 2.43. The summed E-state index contributed by atoms with van der Waals surface area (Å²) < 4.78 is 18.1. The average molecular weight is 642 g/mol. The van der Waals surface area contributed by atoms with E-state index < -0.39 is 18.3 Å². The Morgan fingerprint density at radius 2 is 1.65 bits per heavy atom. The maximum atomic E-state index is 12.3. The van der Waals surface area contributed by atoms with Crippen LogP contribution in [0.5, 0.6) is 0 Å². The molecule has 10 heteroatoms. The molecular weight excluding hydrogens is 602 g/mol. The molecule has 1 aromatic heterocycles. The predicted molar refractivity (Wildman–Crippen MR) is 177 cm³/mol. The number of esters is 1. The molecule has 0 bridgehead atoms. The summed E-state index contributed by atoms with van der Waals surface area (Å²) >= 11 is 1.66. The number of hydrogen-bond donors (Lipinski definition) is 3. The fraction of sp³-hybridized carbons (Fsp3) is 0.306. The number of carbonyl (C=O) groups excluding carboxylic acids is 2. The van der Waals surface area contributed by atoms with E-state index in [2.05, 4.69) is 22.5 Å². The topological polar surface area (TPSA) is 119 Å². The van der Waals surface area contributed by atoms with Gasteiger partial charge in [0.1, 0.15) is 6.54 Å². The van der Waals surface area contributed by atoms with Gasteiger partial charge in [-0.25, -0.2) is 9.78 Å². The Balaban J connectivity index is 1.31. The van der Waals surface area contributed by atoms with Gasteiger partial charge in [-0.1, -0.05) is 85.8 Å². The van der Waals surface area contributed by atoms with Gasteiger partial charge >= 0.3 is 12.0 Å². The molecule has 1 fully saturated rings. The van der Waals surface area contributed by atoms with Crippen molar-refractivity contribution in [3.63, 3.8) is 0 Å². The number of nitrogens with one attached hydrogen (secondary N) is 2. The van der Waals surface area contributed by atoms with E-state index in [0.717, 1.165) is 44.2 Å². The van der Waals surface area contributed by atoms with Gasteiger partial charge in [-0.2, -0.15) is 0 Å². The quantitative estimate of drug-likeness (QED) is 0.124. The second-order valence-electron chi connectivity index (χ2n) is 10.9. The first-order chi connectivity index (χ1) is 22.4. The van der Waals surface area contributed by atoms with Crippen LogP contribution in [0, 0.1) is 5.92 Å². The molecule has 5 rings (SSSR count). The standard InChI is InChI=1S/C36H39N3O6S/c1-3-43-33(41)21-39-36(42)38-20-29-8-4-5-9-30(29)26-15-17-28(18-16-26)35-44-31(23-46-32-10-6-7-19-37-32)24(2)34(45-35)27-13-11-25(22-40)12-14-27/h4-19,24,31,34-35,40H,3,20-23H2,1-2H3,(H2,38,39,42)/t24-,31+,34+,35+/m0/s1. The van der Waals surface area contributed by atoms with E-state index in [1.165, 1.54) is 0 Å².